The molecule has 0 aliphatic heterocycles. The second kappa shape index (κ2) is 4.69. The molecule has 0 spiro atoms. The number of hydrogen-bond acceptors (Lipinski definition) is 1. The molecule has 3 heteroatoms. The van der Waals surface area contributed by atoms with Gasteiger partial charge in [0.05, 0.1) is 15.6 Å². The molecule has 0 amide bonds. The van der Waals surface area contributed by atoms with E-state index < -0.39 is 0 Å². The van der Waals surface area contributed by atoms with E-state index in [-0.39, 0.29) is 0 Å². The van der Waals surface area contributed by atoms with Gasteiger partial charge in [-0.25, -0.2) is 0 Å². The number of carbonyl (C=O) groups is 1. The van der Waals surface area contributed by atoms with Crippen LogP contribution < -0.4 is 0 Å². The number of hydrogen-bond donors (Lipinski definition) is 0. The molecule has 16 heavy (non-hydrogen) atoms. The maximum Gasteiger partial charge on any atom is 0.153 e. The van der Waals surface area contributed by atoms with E-state index in [9.17, 15) is 4.79 Å². The van der Waals surface area contributed by atoms with Gasteiger partial charge in [0, 0.05) is 0 Å². The smallest absolute Gasteiger partial charge is 0.153 e. The molecule has 0 aliphatic carbocycles. The van der Waals surface area contributed by atoms with E-state index in [1.165, 1.54) is 0 Å². The monoisotopic (exact) mass is 250 g/mol. The molecule has 0 aromatic heterocycles. The number of benzene rings is 2. The first-order valence-corrected chi connectivity index (χ1v) is 5.47. The van der Waals surface area contributed by atoms with Crippen LogP contribution in [0.2, 0.25) is 10.0 Å². The molecule has 0 saturated carbocycles. The summed E-state index contributed by atoms with van der Waals surface area (Å²) >= 11 is 11.9. The second-order valence-electron chi connectivity index (χ2n) is 3.34. The highest BCUT2D eigenvalue weighted by molar-refractivity contribution is 6.38. The van der Waals surface area contributed by atoms with Crippen molar-refractivity contribution in [1.29, 1.82) is 0 Å². The predicted molar refractivity (Wildman–Crippen MR) is 67.3 cm³/mol. The van der Waals surface area contributed by atoms with E-state index in [4.69, 9.17) is 23.2 Å². The zero-order chi connectivity index (χ0) is 11.5. The highest BCUT2D eigenvalue weighted by Gasteiger charge is 2.08. The number of carbonyl (C=O) groups excluding carboxylic acids is 1. The molecule has 80 valence electrons. The van der Waals surface area contributed by atoms with Crippen LogP contribution in [-0.2, 0) is 0 Å². The number of aldehydes is 1. The van der Waals surface area contributed by atoms with E-state index in [0.29, 0.717) is 21.9 Å². The summed E-state index contributed by atoms with van der Waals surface area (Å²) in [6.07, 6.45) is 0.666. The molecule has 2 aromatic carbocycles. The van der Waals surface area contributed by atoms with Crippen molar-refractivity contribution in [2.75, 3.05) is 0 Å². The molecule has 0 N–H and O–H groups in total. The van der Waals surface area contributed by atoms with E-state index >= 15 is 0 Å². The predicted octanol–water partition coefficient (Wildman–Crippen LogP) is 4.47. The molecule has 0 atom stereocenters. The summed E-state index contributed by atoms with van der Waals surface area (Å²) in [6.45, 7) is 0. The lowest BCUT2D eigenvalue weighted by Gasteiger charge is -2.05. The Balaban J connectivity index is 2.57. The van der Waals surface area contributed by atoms with Gasteiger partial charge in [0.2, 0.25) is 0 Å². The summed E-state index contributed by atoms with van der Waals surface area (Å²) in [5.74, 6) is 0. The third-order valence-electron chi connectivity index (χ3n) is 2.30. The van der Waals surface area contributed by atoms with Crippen LogP contribution in [0, 0.1) is 0 Å². The summed E-state index contributed by atoms with van der Waals surface area (Å²) in [5, 5.41) is 0.753. The minimum atomic E-state index is 0.336. The van der Waals surface area contributed by atoms with Crippen molar-refractivity contribution < 1.29 is 4.79 Å². The maximum atomic E-state index is 10.7. The molecule has 0 heterocycles. The van der Waals surface area contributed by atoms with Gasteiger partial charge in [-0.15, -0.1) is 0 Å². The Morgan fingerprint density at radius 3 is 1.94 bits per heavy atom. The van der Waals surface area contributed by atoms with Crippen LogP contribution in [0.15, 0.2) is 42.5 Å². The first-order valence-electron chi connectivity index (χ1n) is 4.72. The molecular weight excluding hydrogens is 243 g/mol. The van der Waals surface area contributed by atoms with Crippen molar-refractivity contribution in [1.82, 2.24) is 0 Å². The van der Waals surface area contributed by atoms with Gasteiger partial charge in [-0.1, -0.05) is 53.5 Å². The molecule has 0 unspecified atom stereocenters. The summed E-state index contributed by atoms with van der Waals surface area (Å²) in [7, 11) is 0. The zero-order valence-corrected chi connectivity index (χ0v) is 9.79. The van der Waals surface area contributed by atoms with Gasteiger partial charge < -0.3 is 0 Å². The Morgan fingerprint density at radius 1 is 0.875 bits per heavy atom. The van der Waals surface area contributed by atoms with Gasteiger partial charge >= 0.3 is 0 Å². The number of rotatable bonds is 2. The lowest BCUT2D eigenvalue weighted by molar-refractivity contribution is 0.112. The standard InChI is InChI=1S/C13H8Cl2O/c14-12-6-10(7-13(15)11(12)8-16)9-4-2-1-3-5-9/h1-8H. The average molecular weight is 251 g/mol. The van der Waals surface area contributed by atoms with Crippen molar-refractivity contribution in [3.8, 4) is 11.1 Å². The first kappa shape index (κ1) is 11.2. The van der Waals surface area contributed by atoms with Gasteiger partial charge in [-0.3, -0.25) is 4.79 Å². The minimum absolute atomic E-state index is 0.336. The fraction of sp³-hybridized carbons (Fsp3) is 0. The first-order chi connectivity index (χ1) is 7.72. The topological polar surface area (TPSA) is 17.1 Å². The highest BCUT2D eigenvalue weighted by atomic mass is 35.5. The Labute approximate surface area is 104 Å². The summed E-state index contributed by atoms with van der Waals surface area (Å²) < 4.78 is 0. The van der Waals surface area contributed by atoms with Gasteiger partial charge in [0.15, 0.2) is 6.29 Å². The van der Waals surface area contributed by atoms with Gasteiger partial charge in [-0.2, -0.15) is 0 Å². The SMILES string of the molecule is O=Cc1c(Cl)cc(-c2ccccc2)cc1Cl. The van der Waals surface area contributed by atoms with Gasteiger partial charge in [0.25, 0.3) is 0 Å². The molecule has 2 aromatic rings. The van der Waals surface area contributed by atoms with E-state index in [1.807, 2.05) is 30.3 Å². The Kier molecular flexibility index (Phi) is 3.28. The third-order valence-corrected chi connectivity index (χ3v) is 2.93. The van der Waals surface area contributed by atoms with Crippen molar-refractivity contribution >= 4 is 29.5 Å². The number of halogens is 2. The van der Waals surface area contributed by atoms with Gasteiger partial charge in [-0.05, 0) is 23.3 Å². The lowest BCUT2D eigenvalue weighted by atomic mass is 10.0. The quantitative estimate of drug-likeness (QED) is 0.719. The Morgan fingerprint density at radius 2 is 1.44 bits per heavy atom. The summed E-state index contributed by atoms with van der Waals surface area (Å²) in [5.41, 5.74) is 2.26. The molecule has 0 aliphatic rings. The van der Waals surface area contributed by atoms with E-state index in [2.05, 4.69) is 0 Å². The Bertz CT molecular complexity index is 498. The summed E-state index contributed by atoms with van der Waals surface area (Å²) in [4.78, 5) is 10.7. The van der Waals surface area contributed by atoms with Crippen LogP contribution in [0.25, 0.3) is 11.1 Å². The zero-order valence-electron chi connectivity index (χ0n) is 8.28. The molecule has 1 nitrogen and oxygen atoms in total. The normalized spacial score (nSPS) is 10.1. The Hall–Kier alpha value is -1.31. The van der Waals surface area contributed by atoms with Crippen LogP contribution in [0.4, 0.5) is 0 Å². The molecule has 0 radical (unpaired) electrons. The average Bonchev–Trinajstić information content (AvgIpc) is 2.30. The second-order valence-corrected chi connectivity index (χ2v) is 4.15. The maximum absolute atomic E-state index is 10.7. The van der Waals surface area contributed by atoms with E-state index in [0.717, 1.165) is 11.1 Å². The van der Waals surface area contributed by atoms with Crippen molar-refractivity contribution in [2.24, 2.45) is 0 Å². The summed E-state index contributed by atoms with van der Waals surface area (Å²) in [6, 6.07) is 13.2. The van der Waals surface area contributed by atoms with Crippen molar-refractivity contribution in [3.05, 3.63) is 58.1 Å². The largest absolute Gasteiger partial charge is 0.298 e. The lowest BCUT2D eigenvalue weighted by Crippen LogP contribution is -1.86. The van der Waals surface area contributed by atoms with Crippen LogP contribution >= 0.6 is 23.2 Å². The minimum Gasteiger partial charge on any atom is -0.298 e. The van der Waals surface area contributed by atoms with Crippen LogP contribution in [0.5, 0.6) is 0 Å². The molecule has 0 fully saturated rings. The van der Waals surface area contributed by atoms with E-state index in [1.54, 1.807) is 12.1 Å². The molecule has 0 bridgehead atoms. The van der Waals surface area contributed by atoms with Crippen LogP contribution in [-0.4, -0.2) is 6.29 Å². The fourth-order valence-corrected chi connectivity index (χ4v) is 2.07. The molecular formula is C13H8Cl2O. The molecule has 2 rings (SSSR count). The fourth-order valence-electron chi connectivity index (χ4n) is 1.49. The van der Waals surface area contributed by atoms with Gasteiger partial charge in [0.1, 0.15) is 0 Å². The highest BCUT2D eigenvalue weighted by Crippen LogP contribution is 2.30. The van der Waals surface area contributed by atoms with Crippen molar-refractivity contribution in [3.63, 3.8) is 0 Å². The van der Waals surface area contributed by atoms with Crippen LogP contribution in [0.1, 0.15) is 10.4 Å². The van der Waals surface area contributed by atoms with Crippen molar-refractivity contribution in [2.45, 2.75) is 0 Å². The van der Waals surface area contributed by atoms with Crippen LogP contribution in [0.3, 0.4) is 0 Å². The third kappa shape index (κ3) is 2.11. The molecule has 0 saturated heterocycles.